The number of unbranched alkanes of at least 4 members (excludes halogenated alkanes) is 3. The van der Waals surface area contributed by atoms with Gasteiger partial charge in [-0.3, -0.25) is 4.57 Å². The zero-order valence-electron chi connectivity index (χ0n) is 13.5. The first-order chi connectivity index (χ1) is 11.3. The van der Waals surface area contributed by atoms with Crippen LogP contribution in [0, 0.1) is 0 Å². The lowest BCUT2D eigenvalue weighted by Gasteiger charge is -2.13. The Balaban J connectivity index is 1.70. The van der Waals surface area contributed by atoms with Crippen molar-refractivity contribution in [3.63, 3.8) is 0 Å². The van der Waals surface area contributed by atoms with E-state index in [0.717, 1.165) is 25.7 Å². The van der Waals surface area contributed by atoms with Crippen molar-refractivity contribution in [2.45, 2.75) is 57.8 Å². The molecule has 3 rings (SSSR count). The summed E-state index contributed by atoms with van der Waals surface area (Å²) in [6, 6.07) is 0. The molecule has 0 saturated carbocycles. The number of imidazole rings is 1. The molecule has 0 radical (unpaired) electrons. The molecule has 1 aliphatic rings. The summed E-state index contributed by atoms with van der Waals surface area (Å²) in [6.07, 6.45) is 9.27. The average Bonchev–Trinajstić information content (AvgIpc) is 3.21. The number of hydrogen-bond acceptors (Lipinski definition) is 6. The highest BCUT2D eigenvalue weighted by Crippen LogP contribution is 2.31. The predicted molar refractivity (Wildman–Crippen MR) is 85.2 cm³/mol. The third kappa shape index (κ3) is 3.61. The largest absolute Gasteiger partial charge is 0.476 e. The van der Waals surface area contributed by atoms with Crippen molar-refractivity contribution in [1.82, 2.24) is 19.5 Å². The van der Waals surface area contributed by atoms with Crippen LogP contribution >= 0.6 is 0 Å². The van der Waals surface area contributed by atoms with Gasteiger partial charge in [0.05, 0.1) is 25.6 Å². The topological polar surface area (TPSA) is 82.3 Å². The fraction of sp³-hybridized carbons (Fsp3) is 0.688. The summed E-state index contributed by atoms with van der Waals surface area (Å²) in [5, 5.41) is 9.20. The molecule has 1 fully saturated rings. The quantitative estimate of drug-likeness (QED) is 0.752. The lowest BCUT2D eigenvalue weighted by atomic mass is 10.2. The maximum Gasteiger partial charge on any atom is 0.245 e. The summed E-state index contributed by atoms with van der Waals surface area (Å²) in [4.78, 5) is 12.9. The van der Waals surface area contributed by atoms with Crippen LogP contribution < -0.4 is 4.74 Å². The van der Waals surface area contributed by atoms with Gasteiger partial charge in [-0.05, 0) is 19.3 Å². The number of nitrogens with zero attached hydrogens (tertiary/aromatic N) is 4. The summed E-state index contributed by atoms with van der Waals surface area (Å²) in [6.45, 7) is 2.88. The molecule has 23 heavy (non-hydrogen) atoms. The number of rotatable bonds is 8. The summed E-state index contributed by atoms with van der Waals surface area (Å²) in [5.74, 6) is 0.530. The molecule has 1 aliphatic heterocycles. The number of aliphatic hydroxyl groups is 1. The lowest BCUT2D eigenvalue weighted by Crippen LogP contribution is -2.14. The second-order valence-corrected chi connectivity index (χ2v) is 5.88. The normalized spacial score (nSPS) is 21.1. The van der Waals surface area contributed by atoms with Gasteiger partial charge in [-0.15, -0.1) is 0 Å². The van der Waals surface area contributed by atoms with Gasteiger partial charge in [0.2, 0.25) is 5.88 Å². The van der Waals surface area contributed by atoms with Crippen molar-refractivity contribution < 1.29 is 14.6 Å². The van der Waals surface area contributed by atoms with Gasteiger partial charge in [0.1, 0.15) is 12.6 Å². The summed E-state index contributed by atoms with van der Waals surface area (Å²) < 4.78 is 13.5. The second-order valence-electron chi connectivity index (χ2n) is 5.88. The van der Waals surface area contributed by atoms with E-state index in [4.69, 9.17) is 9.47 Å². The third-order valence-electron chi connectivity index (χ3n) is 4.16. The molecule has 0 spiro atoms. The highest BCUT2D eigenvalue weighted by molar-refractivity contribution is 5.75. The van der Waals surface area contributed by atoms with Crippen LogP contribution in [0.4, 0.5) is 0 Å². The van der Waals surface area contributed by atoms with Gasteiger partial charge in [0.15, 0.2) is 11.2 Å². The minimum absolute atomic E-state index is 0.0459. The predicted octanol–water partition coefficient (Wildman–Crippen LogP) is 2.46. The Morgan fingerprint density at radius 1 is 1.26 bits per heavy atom. The molecule has 1 saturated heterocycles. The van der Waals surface area contributed by atoms with Crippen LogP contribution in [0.5, 0.6) is 5.88 Å². The maximum atomic E-state index is 9.20. The van der Waals surface area contributed by atoms with Crippen LogP contribution in [-0.4, -0.2) is 43.9 Å². The van der Waals surface area contributed by atoms with Crippen LogP contribution in [0.25, 0.3) is 11.2 Å². The van der Waals surface area contributed by atoms with Crippen LogP contribution in [0.3, 0.4) is 0 Å². The Kier molecular flexibility index (Phi) is 5.40. The van der Waals surface area contributed by atoms with E-state index in [1.165, 1.54) is 19.2 Å². The molecule has 0 bridgehead atoms. The zero-order chi connectivity index (χ0) is 16.1. The van der Waals surface area contributed by atoms with Gasteiger partial charge in [-0.1, -0.05) is 26.2 Å². The zero-order valence-corrected chi connectivity index (χ0v) is 13.5. The molecule has 2 atom stereocenters. The smallest absolute Gasteiger partial charge is 0.245 e. The van der Waals surface area contributed by atoms with Crippen molar-refractivity contribution in [3.8, 4) is 5.88 Å². The van der Waals surface area contributed by atoms with Gasteiger partial charge in [-0.2, -0.15) is 4.98 Å². The number of ether oxygens (including phenoxy) is 2. The van der Waals surface area contributed by atoms with E-state index in [9.17, 15) is 5.11 Å². The Morgan fingerprint density at radius 2 is 2.17 bits per heavy atom. The SMILES string of the molecule is CCCCCCOc1ncnc2c1ncn2[C@H]1CC[C@@H](CO)O1. The third-order valence-corrected chi connectivity index (χ3v) is 4.16. The van der Waals surface area contributed by atoms with E-state index in [0.29, 0.717) is 23.7 Å². The number of aromatic nitrogens is 4. The van der Waals surface area contributed by atoms with Gasteiger partial charge in [0.25, 0.3) is 0 Å². The van der Waals surface area contributed by atoms with E-state index >= 15 is 0 Å². The lowest BCUT2D eigenvalue weighted by molar-refractivity contribution is -0.0207. The molecule has 0 amide bonds. The number of fused-ring (bicyclic) bond motifs is 1. The first-order valence-electron chi connectivity index (χ1n) is 8.40. The molecule has 3 heterocycles. The van der Waals surface area contributed by atoms with Gasteiger partial charge >= 0.3 is 0 Å². The van der Waals surface area contributed by atoms with Crippen LogP contribution in [0.15, 0.2) is 12.7 Å². The first-order valence-corrected chi connectivity index (χ1v) is 8.40. The van der Waals surface area contributed by atoms with E-state index in [-0.39, 0.29) is 18.9 Å². The summed E-state index contributed by atoms with van der Waals surface area (Å²) in [7, 11) is 0. The van der Waals surface area contributed by atoms with Gasteiger partial charge in [-0.25, -0.2) is 9.97 Å². The molecule has 7 heteroatoms. The molecule has 126 valence electrons. The summed E-state index contributed by atoms with van der Waals surface area (Å²) >= 11 is 0. The minimum atomic E-state index is -0.135. The summed E-state index contributed by atoms with van der Waals surface area (Å²) in [5.41, 5.74) is 1.38. The fourth-order valence-corrected chi connectivity index (χ4v) is 2.87. The van der Waals surface area contributed by atoms with Crippen molar-refractivity contribution in [3.05, 3.63) is 12.7 Å². The molecular weight excluding hydrogens is 296 g/mol. The van der Waals surface area contributed by atoms with Gasteiger partial charge < -0.3 is 14.6 Å². The van der Waals surface area contributed by atoms with E-state index in [1.807, 2.05) is 4.57 Å². The van der Waals surface area contributed by atoms with Crippen molar-refractivity contribution in [2.75, 3.05) is 13.2 Å². The van der Waals surface area contributed by atoms with Crippen molar-refractivity contribution in [1.29, 1.82) is 0 Å². The number of aliphatic hydroxyl groups excluding tert-OH is 1. The maximum absolute atomic E-state index is 9.20. The van der Waals surface area contributed by atoms with Crippen LogP contribution in [0.2, 0.25) is 0 Å². The Hall–Kier alpha value is -1.73. The van der Waals surface area contributed by atoms with E-state index in [1.54, 1.807) is 6.33 Å². The van der Waals surface area contributed by atoms with E-state index in [2.05, 4.69) is 21.9 Å². The molecule has 0 aromatic carbocycles. The van der Waals surface area contributed by atoms with Crippen molar-refractivity contribution >= 4 is 11.2 Å². The Bertz CT molecular complexity index is 631. The molecule has 1 N–H and O–H groups in total. The molecular formula is C16H24N4O3. The Morgan fingerprint density at radius 3 is 2.96 bits per heavy atom. The minimum Gasteiger partial charge on any atom is -0.476 e. The van der Waals surface area contributed by atoms with Crippen molar-refractivity contribution in [2.24, 2.45) is 0 Å². The molecule has 0 unspecified atom stereocenters. The highest BCUT2D eigenvalue weighted by Gasteiger charge is 2.27. The molecule has 7 nitrogen and oxygen atoms in total. The molecule has 2 aromatic rings. The standard InChI is InChI=1S/C16H24N4O3/c1-2-3-4-5-8-22-16-14-15(17-10-18-16)20(11-19-14)13-7-6-12(9-21)23-13/h10-13,21H,2-9H2,1H3/t12-,13+/m0/s1. The monoisotopic (exact) mass is 320 g/mol. The van der Waals surface area contributed by atoms with E-state index < -0.39 is 0 Å². The van der Waals surface area contributed by atoms with Crippen LogP contribution in [-0.2, 0) is 4.74 Å². The second kappa shape index (κ2) is 7.70. The van der Waals surface area contributed by atoms with Crippen LogP contribution in [0.1, 0.15) is 51.7 Å². The fourth-order valence-electron chi connectivity index (χ4n) is 2.87. The highest BCUT2D eigenvalue weighted by atomic mass is 16.5. The molecule has 0 aliphatic carbocycles. The first kappa shape index (κ1) is 16.1. The van der Waals surface area contributed by atoms with Gasteiger partial charge in [0, 0.05) is 0 Å². The Labute approximate surface area is 135 Å². The average molecular weight is 320 g/mol. The number of hydrogen-bond donors (Lipinski definition) is 1. The molecule has 2 aromatic heterocycles.